The van der Waals surface area contributed by atoms with E-state index in [2.05, 4.69) is 10.6 Å². The molecule has 0 aromatic rings. The molecule has 0 spiro atoms. The van der Waals surface area contributed by atoms with Gasteiger partial charge in [-0.1, -0.05) is 0 Å². The van der Waals surface area contributed by atoms with Gasteiger partial charge in [-0.2, -0.15) is 0 Å². The number of ether oxygens (including phenoxy) is 1. The molecule has 0 saturated carbocycles. The lowest BCUT2D eigenvalue weighted by Crippen LogP contribution is -2.47. The van der Waals surface area contributed by atoms with E-state index in [1.165, 1.54) is 7.05 Å². The number of carbonyl (C=O) groups excluding carboxylic acids is 2. The molecular formula is C10H20N2O4. The third kappa shape index (κ3) is 6.23. The van der Waals surface area contributed by atoms with Crippen LogP contribution in [0, 0.1) is 0 Å². The molecule has 1 atom stereocenters. The van der Waals surface area contributed by atoms with Crippen LogP contribution in [0.3, 0.4) is 0 Å². The second-order valence-electron chi connectivity index (χ2n) is 4.33. The molecule has 0 aliphatic rings. The Labute approximate surface area is 95.4 Å². The molecule has 0 saturated heterocycles. The van der Waals surface area contributed by atoms with Gasteiger partial charge >= 0.3 is 6.09 Å². The summed E-state index contributed by atoms with van der Waals surface area (Å²) in [6.07, 6.45) is -0.520. The Morgan fingerprint density at radius 1 is 1.38 bits per heavy atom. The highest BCUT2D eigenvalue weighted by Gasteiger charge is 2.22. The van der Waals surface area contributed by atoms with Gasteiger partial charge in [0.2, 0.25) is 5.91 Å². The highest BCUT2D eigenvalue weighted by Crippen LogP contribution is 2.07. The quantitative estimate of drug-likeness (QED) is 0.637. The largest absolute Gasteiger partial charge is 0.444 e. The van der Waals surface area contributed by atoms with Crippen LogP contribution in [0.15, 0.2) is 0 Å². The van der Waals surface area contributed by atoms with Gasteiger partial charge in [-0.25, -0.2) is 4.79 Å². The zero-order chi connectivity index (χ0) is 12.8. The van der Waals surface area contributed by atoms with E-state index < -0.39 is 17.7 Å². The number of aliphatic hydroxyl groups excluding tert-OH is 1. The van der Waals surface area contributed by atoms with Crippen molar-refractivity contribution < 1.29 is 19.4 Å². The highest BCUT2D eigenvalue weighted by atomic mass is 16.6. The molecule has 0 fully saturated rings. The van der Waals surface area contributed by atoms with Crippen molar-refractivity contribution in [3.8, 4) is 0 Å². The van der Waals surface area contributed by atoms with Crippen LogP contribution >= 0.6 is 0 Å². The number of amides is 2. The summed E-state index contributed by atoms with van der Waals surface area (Å²) in [5, 5.41) is 13.5. The maximum atomic E-state index is 11.4. The Morgan fingerprint density at radius 3 is 2.31 bits per heavy atom. The number of alkyl carbamates (subject to hydrolysis) is 1. The second-order valence-corrected chi connectivity index (χ2v) is 4.33. The lowest BCUT2D eigenvalue weighted by Gasteiger charge is -2.22. The van der Waals surface area contributed by atoms with E-state index in [0.717, 1.165) is 0 Å². The fourth-order valence-corrected chi connectivity index (χ4v) is 1.02. The Morgan fingerprint density at radius 2 is 1.94 bits per heavy atom. The molecule has 94 valence electrons. The van der Waals surface area contributed by atoms with Crippen LogP contribution in [0.2, 0.25) is 0 Å². The fraction of sp³-hybridized carbons (Fsp3) is 0.800. The van der Waals surface area contributed by atoms with E-state index >= 15 is 0 Å². The molecule has 6 nitrogen and oxygen atoms in total. The van der Waals surface area contributed by atoms with Gasteiger partial charge in [0, 0.05) is 13.7 Å². The van der Waals surface area contributed by atoms with E-state index in [1.54, 1.807) is 20.8 Å². The van der Waals surface area contributed by atoms with Gasteiger partial charge in [-0.15, -0.1) is 0 Å². The van der Waals surface area contributed by atoms with E-state index in [4.69, 9.17) is 9.84 Å². The average molecular weight is 232 g/mol. The molecule has 0 aliphatic carbocycles. The zero-order valence-corrected chi connectivity index (χ0v) is 10.2. The van der Waals surface area contributed by atoms with Crippen LogP contribution < -0.4 is 10.6 Å². The van der Waals surface area contributed by atoms with Crippen molar-refractivity contribution in [1.82, 2.24) is 10.6 Å². The third-order valence-corrected chi connectivity index (χ3v) is 1.67. The fourth-order valence-electron chi connectivity index (χ4n) is 1.02. The van der Waals surface area contributed by atoms with Crippen LogP contribution in [0.5, 0.6) is 0 Å². The van der Waals surface area contributed by atoms with E-state index in [9.17, 15) is 9.59 Å². The number of nitrogens with one attached hydrogen (secondary N) is 2. The van der Waals surface area contributed by atoms with Gasteiger partial charge in [0.25, 0.3) is 0 Å². The Bertz CT molecular complexity index is 248. The highest BCUT2D eigenvalue weighted by molar-refractivity contribution is 5.85. The SMILES string of the molecule is CNC(=O)[C@H](CCO)NC(=O)OC(C)(C)C. The molecule has 0 aromatic carbocycles. The minimum absolute atomic E-state index is 0.152. The van der Waals surface area contributed by atoms with Gasteiger partial charge < -0.3 is 20.5 Å². The molecule has 0 bridgehead atoms. The number of likely N-dealkylation sites (N-methyl/N-ethyl adjacent to an activating group) is 1. The number of aliphatic hydroxyl groups is 1. The maximum absolute atomic E-state index is 11.4. The summed E-state index contributed by atoms with van der Waals surface area (Å²) in [5.74, 6) is -0.361. The van der Waals surface area contributed by atoms with E-state index in [1.807, 2.05) is 0 Å². The molecular weight excluding hydrogens is 212 g/mol. The summed E-state index contributed by atoms with van der Waals surface area (Å²) in [6.45, 7) is 5.00. The maximum Gasteiger partial charge on any atom is 0.408 e. The van der Waals surface area contributed by atoms with Crippen molar-refractivity contribution in [2.24, 2.45) is 0 Å². The van der Waals surface area contributed by atoms with Crippen molar-refractivity contribution in [2.45, 2.75) is 38.8 Å². The summed E-state index contributed by atoms with van der Waals surface area (Å²) in [7, 11) is 1.46. The first-order valence-electron chi connectivity index (χ1n) is 5.12. The number of carbonyl (C=O) groups is 2. The van der Waals surface area contributed by atoms with E-state index in [0.29, 0.717) is 0 Å². The molecule has 0 heterocycles. The minimum atomic E-state index is -0.773. The average Bonchev–Trinajstić information content (AvgIpc) is 2.13. The smallest absolute Gasteiger partial charge is 0.408 e. The molecule has 0 unspecified atom stereocenters. The van der Waals surface area contributed by atoms with Crippen molar-refractivity contribution in [2.75, 3.05) is 13.7 Å². The molecule has 16 heavy (non-hydrogen) atoms. The van der Waals surface area contributed by atoms with E-state index in [-0.39, 0.29) is 18.9 Å². The molecule has 0 radical (unpaired) electrons. The van der Waals surface area contributed by atoms with Gasteiger partial charge in [0.15, 0.2) is 0 Å². The number of hydrogen-bond acceptors (Lipinski definition) is 4. The third-order valence-electron chi connectivity index (χ3n) is 1.67. The Balaban J connectivity index is 4.29. The Hall–Kier alpha value is -1.30. The number of hydrogen-bond donors (Lipinski definition) is 3. The Kier molecular flexibility index (Phi) is 5.81. The predicted molar refractivity (Wildman–Crippen MR) is 58.9 cm³/mol. The lowest BCUT2D eigenvalue weighted by atomic mass is 10.2. The van der Waals surface area contributed by atoms with Crippen LogP contribution in [-0.4, -0.2) is 42.4 Å². The monoisotopic (exact) mass is 232 g/mol. The second kappa shape index (κ2) is 6.32. The van der Waals surface area contributed by atoms with Crippen molar-refractivity contribution in [1.29, 1.82) is 0 Å². The summed E-state index contributed by atoms with van der Waals surface area (Å²) < 4.78 is 5.00. The predicted octanol–water partition coefficient (Wildman–Crippen LogP) is 0.00810. The normalized spacial score (nSPS) is 12.8. The van der Waals surface area contributed by atoms with Crippen LogP contribution in [0.4, 0.5) is 4.79 Å². The van der Waals surface area contributed by atoms with Gasteiger partial charge in [-0.3, -0.25) is 4.79 Å². The molecule has 6 heteroatoms. The summed E-state index contributed by atoms with van der Waals surface area (Å²) in [4.78, 5) is 22.7. The first kappa shape index (κ1) is 14.7. The standard InChI is InChI=1S/C10H20N2O4/c1-10(2,3)16-9(15)12-7(5-6-13)8(14)11-4/h7,13H,5-6H2,1-4H3,(H,11,14)(H,12,15)/t7-/m0/s1. The molecule has 0 rings (SSSR count). The zero-order valence-electron chi connectivity index (χ0n) is 10.2. The summed E-state index contributed by atoms with van der Waals surface area (Å²) in [5.41, 5.74) is -0.615. The first-order valence-corrected chi connectivity index (χ1v) is 5.12. The van der Waals surface area contributed by atoms with Crippen LogP contribution in [-0.2, 0) is 9.53 Å². The molecule has 0 aliphatic heterocycles. The minimum Gasteiger partial charge on any atom is -0.444 e. The van der Waals surface area contributed by atoms with Crippen LogP contribution in [0.25, 0.3) is 0 Å². The van der Waals surface area contributed by atoms with Crippen molar-refractivity contribution >= 4 is 12.0 Å². The summed E-state index contributed by atoms with van der Waals surface area (Å²) >= 11 is 0. The topological polar surface area (TPSA) is 87.7 Å². The van der Waals surface area contributed by atoms with Crippen molar-refractivity contribution in [3.05, 3.63) is 0 Å². The molecule has 2 amide bonds. The van der Waals surface area contributed by atoms with Crippen molar-refractivity contribution in [3.63, 3.8) is 0 Å². The molecule has 0 aromatic heterocycles. The molecule has 3 N–H and O–H groups in total. The number of rotatable bonds is 4. The first-order chi connectivity index (χ1) is 7.30. The van der Waals surface area contributed by atoms with Gasteiger partial charge in [-0.05, 0) is 27.2 Å². The van der Waals surface area contributed by atoms with Gasteiger partial charge in [0.1, 0.15) is 11.6 Å². The summed E-state index contributed by atoms with van der Waals surface area (Å²) in [6, 6.07) is -0.773. The van der Waals surface area contributed by atoms with Gasteiger partial charge in [0.05, 0.1) is 0 Å². The van der Waals surface area contributed by atoms with Crippen LogP contribution in [0.1, 0.15) is 27.2 Å². The lowest BCUT2D eigenvalue weighted by molar-refractivity contribution is -0.123.